The van der Waals surface area contributed by atoms with Crippen LogP contribution in [0.5, 0.6) is 0 Å². The minimum absolute atomic E-state index is 0.280. The molecular weight excluding hydrogens is 226 g/mol. The number of nitrogens with zero attached hydrogens (tertiary/aromatic N) is 1. The second-order valence-corrected chi connectivity index (χ2v) is 6.08. The summed E-state index contributed by atoms with van der Waals surface area (Å²) >= 11 is 0. The Morgan fingerprint density at radius 1 is 1.28 bits per heavy atom. The maximum Gasteiger partial charge on any atom is 0.299 e. The molecular formula is C15H17NO2. The Morgan fingerprint density at radius 2 is 1.94 bits per heavy atom. The zero-order valence-corrected chi connectivity index (χ0v) is 11.2. The molecule has 0 fully saturated rings. The number of hydrogen-bond acceptors (Lipinski definition) is 2. The molecule has 1 aromatic carbocycles. The molecule has 1 aromatic rings. The first-order valence-electron chi connectivity index (χ1n) is 6.37. The van der Waals surface area contributed by atoms with Crippen LogP contribution in [-0.2, 0) is 4.79 Å². The number of benzene rings is 1. The second kappa shape index (κ2) is 3.22. The van der Waals surface area contributed by atoms with Crippen molar-refractivity contribution in [3.63, 3.8) is 0 Å². The van der Waals surface area contributed by atoms with E-state index >= 15 is 0 Å². The molecule has 0 saturated carbocycles. The quantitative estimate of drug-likeness (QED) is 0.657. The van der Waals surface area contributed by atoms with Crippen LogP contribution in [-0.4, -0.2) is 17.2 Å². The number of carbonyl (C=O) groups is 2. The second-order valence-electron chi connectivity index (χ2n) is 6.08. The van der Waals surface area contributed by atoms with E-state index in [2.05, 4.69) is 13.0 Å². The average Bonchev–Trinajstić information content (AvgIpc) is 2.52. The Morgan fingerprint density at radius 3 is 2.61 bits per heavy atom. The number of amides is 1. The first-order valence-corrected chi connectivity index (χ1v) is 6.37. The molecule has 1 amide bonds. The molecule has 1 atom stereocenters. The van der Waals surface area contributed by atoms with Crippen molar-refractivity contribution in [2.45, 2.75) is 45.6 Å². The largest absolute Gasteiger partial charge is 0.299 e. The standard InChI is InChI=1S/C15H17NO2/c1-8-5-6-10-9(2)7-15(3,4)16-12(10)11(8)13(17)14(16)18/h5-6,9H,7H2,1-4H3/t9-/m0/s1. The molecule has 0 aliphatic carbocycles. The lowest BCUT2D eigenvalue weighted by atomic mass is 9.80. The van der Waals surface area contributed by atoms with Crippen LogP contribution in [0.25, 0.3) is 0 Å². The summed E-state index contributed by atoms with van der Waals surface area (Å²) in [5.41, 5.74) is 3.25. The van der Waals surface area contributed by atoms with Gasteiger partial charge in [-0.05, 0) is 44.2 Å². The van der Waals surface area contributed by atoms with E-state index in [1.54, 1.807) is 4.90 Å². The monoisotopic (exact) mass is 243 g/mol. The number of aryl methyl sites for hydroxylation is 1. The van der Waals surface area contributed by atoms with Crippen LogP contribution in [0.3, 0.4) is 0 Å². The van der Waals surface area contributed by atoms with Gasteiger partial charge in [-0.1, -0.05) is 19.1 Å². The number of rotatable bonds is 0. The summed E-state index contributed by atoms with van der Waals surface area (Å²) in [6, 6.07) is 4.02. The van der Waals surface area contributed by atoms with Gasteiger partial charge in [0.05, 0.1) is 11.3 Å². The zero-order valence-electron chi connectivity index (χ0n) is 11.2. The van der Waals surface area contributed by atoms with Gasteiger partial charge in [0.25, 0.3) is 11.7 Å². The molecule has 0 spiro atoms. The van der Waals surface area contributed by atoms with Crippen LogP contribution in [0.1, 0.15) is 54.6 Å². The lowest BCUT2D eigenvalue weighted by Crippen LogP contribution is -2.50. The van der Waals surface area contributed by atoms with E-state index in [9.17, 15) is 9.59 Å². The number of anilines is 1. The van der Waals surface area contributed by atoms with Gasteiger partial charge in [-0.15, -0.1) is 0 Å². The fraction of sp³-hybridized carbons (Fsp3) is 0.467. The van der Waals surface area contributed by atoms with E-state index in [0.29, 0.717) is 11.5 Å². The fourth-order valence-corrected chi connectivity index (χ4v) is 3.47. The van der Waals surface area contributed by atoms with E-state index in [4.69, 9.17) is 0 Å². The van der Waals surface area contributed by atoms with Gasteiger partial charge in [0.15, 0.2) is 0 Å². The van der Waals surface area contributed by atoms with Crippen LogP contribution in [0, 0.1) is 6.92 Å². The molecule has 2 aliphatic rings. The number of carbonyl (C=O) groups excluding carboxylic acids is 2. The van der Waals surface area contributed by atoms with Crippen LogP contribution < -0.4 is 4.90 Å². The number of ketones is 1. The maximum absolute atomic E-state index is 12.2. The van der Waals surface area contributed by atoms with Gasteiger partial charge in [-0.3, -0.25) is 14.5 Å². The molecule has 0 unspecified atom stereocenters. The summed E-state index contributed by atoms with van der Waals surface area (Å²) in [5.74, 6) is -0.326. The highest BCUT2D eigenvalue weighted by molar-refractivity contribution is 6.53. The Kier molecular flexibility index (Phi) is 2.05. The van der Waals surface area contributed by atoms with Gasteiger partial charge in [0.1, 0.15) is 0 Å². The molecule has 3 heteroatoms. The molecule has 3 rings (SSSR count). The molecule has 94 valence electrons. The molecule has 2 aliphatic heterocycles. The molecule has 2 heterocycles. The normalized spacial score (nSPS) is 24.4. The van der Waals surface area contributed by atoms with Crippen molar-refractivity contribution >= 4 is 17.4 Å². The third kappa shape index (κ3) is 1.19. The summed E-state index contributed by atoms with van der Waals surface area (Å²) in [6.07, 6.45) is 0.890. The predicted molar refractivity (Wildman–Crippen MR) is 70.1 cm³/mol. The molecule has 0 saturated heterocycles. The summed E-state index contributed by atoms with van der Waals surface area (Å²) in [4.78, 5) is 26.1. The highest BCUT2D eigenvalue weighted by atomic mass is 16.2. The van der Waals surface area contributed by atoms with Crippen molar-refractivity contribution in [3.05, 3.63) is 28.8 Å². The van der Waals surface area contributed by atoms with Crippen LogP contribution in [0.2, 0.25) is 0 Å². The molecule has 0 bridgehead atoms. The molecule has 0 aromatic heterocycles. The SMILES string of the molecule is Cc1ccc2c3c1C(=O)C(=O)N3C(C)(C)C[C@@H]2C. The molecule has 3 nitrogen and oxygen atoms in total. The van der Waals surface area contributed by atoms with Gasteiger partial charge in [0.2, 0.25) is 0 Å². The minimum atomic E-state index is -0.363. The van der Waals surface area contributed by atoms with Crippen molar-refractivity contribution in [1.82, 2.24) is 0 Å². The Labute approximate surface area is 107 Å². The number of Topliss-reactive ketones (excluding diaryl/α,β-unsaturated/α-hetero) is 1. The van der Waals surface area contributed by atoms with E-state index in [1.165, 1.54) is 0 Å². The summed E-state index contributed by atoms with van der Waals surface area (Å²) in [6.45, 7) is 8.14. The maximum atomic E-state index is 12.2. The summed E-state index contributed by atoms with van der Waals surface area (Å²) in [7, 11) is 0. The summed E-state index contributed by atoms with van der Waals surface area (Å²) < 4.78 is 0. The van der Waals surface area contributed by atoms with E-state index in [1.807, 2.05) is 26.8 Å². The highest BCUT2D eigenvalue weighted by Crippen LogP contribution is 2.49. The first-order chi connectivity index (χ1) is 8.34. The third-order valence-electron chi connectivity index (χ3n) is 4.21. The first kappa shape index (κ1) is 11.5. The Bertz CT molecular complexity index is 586. The van der Waals surface area contributed by atoms with Crippen LogP contribution >= 0.6 is 0 Å². The van der Waals surface area contributed by atoms with Gasteiger partial charge in [0, 0.05) is 5.54 Å². The molecule has 0 N–H and O–H groups in total. The van der Waals surface area contributed by atoms with Gasteiger partial charge < -0.3 is 0 Å². The average molecular weight is 243 g/mol. The Balaban J connectivity index is 2.38. The van der Waals surface area contributed by atoms with E-state index in [-0.39, 0.29) is 17.2 Å². The highest BCUT2D eigenvalue weighted by Gasteiger charge is 2.49. The number of hydrogen-bond donors (Lipinski definition) is 0. The lowest BCUT2D eigenvalue weighted by Gasteiger charge is -2.43. The van der Waals surface area contributed by atoms with Crippen molar-refractivity contribution in [3.8, 4) is 0 Å². The van der Waals surface area contributed by atoms with Crippen LogP contribution in [0.4, 0.5) is 5.69 Å². The van der Waals surface area contributed by atoms with Crippen LogP contribution in [0.15, 0.2) is 12.1 Å². The van der Waals surface area contributed by atoms with Gasteiger partial charge >= 0.3 is 0 Å². The van der Waals surface area contributed by atoms with Crippen molar-refractivity contribution in [2.75, 3.05) is 4.90 Å². The zero-order chi connectivity index (χ0) is 13.2. The minimum Gasteiger partial charge on any atom is -0.299 e. The summed E-state index contributed by atoms with van der Waals surface area (Å²) in [5, 5.41) is 0. The van der Waals surface area contributed by atoms with E-state index < -0.39 is 0 Å². The van der Waals surface area contributed by atoms with Gasteiger partial charge in [-0.2, -0.15) is 0 Å². The van der Waals surface area contributed by atoms with Gasteiger partial charge in [-0.25, -0.2) is 0 Å². The Hall–Kier alpha value is -1.64. The fourth-order valence-electron chi connectivity index (χ4n) is 3.47. The lowest BCUT2D eigenvalue weighted by molar-refractivity contribution is -0.115. The molecule has 0 radical (unpaired) electrons. The van der Waals surface area contributed by atoms with Crippen molar-refractivity contribution < 1.29 is 9.59 Å². The predicted octanol–water partition coefficient (Wildman–Crippen LogP) is 2.81. The van der Waals surface area contributed by atoms with Crippen molar-refractivity contribution in [2.24, 2.45) is 0 Å². The topological polar surface area (TPSA) is 37.4 Å². The third-order valence-corrected chi connectivity index (χ3v) is 4.21. The molecule has 18 heavy (non-hydrogen) atoms. The smallest absolute Gasteiger partial charge is 0.299 e. The van der Waals surface area contributed by atoms with Crippen molar-refractivity contribution in [1.29, 1.82) is 0 Å². The van der Waals surface area contributed by atoms with E-state index in [0.717, 1.165) is 23.2 Å².